The number of aliphatic hydroxyl groups is 1. The number of nitrogens with zero attached hydrogens (tertiary/aromatic N) is 1. The zero-order chi connectivity index (χ0) is 12.1. The van der Waals surface area contributed by atoms with Gasteiger partial charge in [-0.25, -0.2) is 9.59 Å². The van der Waals surface area contributed by atoms with Crippen molar-refractivity contribution in [1.82, 2.24) is 10.2 Å². The molecule has 1 fully saturated rings. The Labute approximate surface area is 94.2 Å². The van der Waals surface area contributed by atoms with Gasteiger partial charge in [0, 0.05) is 13.1 Å². The van der Waals surface area contributed by atoms with Crippen LogP contribution in [0.25, 0.3) is 0 Å². The summed E-state index contributed by atoms with van der Waals surface area (Å²) in [5, 5.41) is 19.8. The summed E-state index contributed by atoms with van der Waals surface area (Å²) in [6, 6.07) is -0.310. The molecule has 6 heteroatoms. The Kier molecular flexibility index (Phi) is 4.54. The minimum atomic E-state index is -1.54. The second kappa shape index (κ2) is 5.69. The fourth-order valence-electron chi connectivity index (χ4n) is 1.35. The first kappa shape index (κ1) is 12.8. The Balaban J connectivity index is 2.28. The van der Waals surface area contributed by atoms with Crippen molar-refractivity contribution >= 4 is 12.0 Å². The first-order chi connectivity index (χ1) is 7.54. The summed E-state index contributed by atoms with van der Waals surface area (Å²) in [6.45, 7) is 2.92. The minimum absolute atomic E-state index is 0.255. The van der Waals surface area contributed by atoms with E-state index in [1.54, 1.807) is 4.90 Å². The van der Waals surface area contributed by atoms with Crippen molar-refractivity contribution in [3.63, 3.8) is 0 Å². The van der Waals surface area contributed by atoms with Gasteiger partial charge in [-0.1, -0.05) is 0 Å². The number of carboxylic acid groups (broad SMARTS) is 1. The van der Waals surface area contributed by atoms with Crippen LogP contribution in [0.2, 0.25) is 0 Å². The first-order valence-corrected chi connectivity index (χ1v) is 5.48. The summed E-state index contributed by atoms with van der Waals surface area (Å²) in [6.07, 6.45) is 0.770. The Bertz CT molecular complexity index is 266. The van der Waals surface area contributed by atoms with Crippen LogP contribution in [0.4, 0.5) is 4.79 Å². The van der Waals surface area contributed by atoms with Gasteiger partial charge in [-0.3, -0.25) is 0 Å². The van der Waals surface area contributed by atoms with Gasteiger partial charge in [0.2, 0.25) is 0 Å². The van der Waals surface area contributed by atoms with Crippen molar-refractivity contribution < 1.29 is 19.8 Å². The van der Waals surface area contributed by atoms with E-state index in [4.69, 9.17) is 10.2 Å². The van der Waals surface area contributed by atoms with Crippen LogP contribution in [0, 0.1) is 5.92 Å². The standard InChI is InChI=1S/C10H18N2O4/c1-2-12(6-7-3-4-7)10(16)11-5-8(13)9(14)15/h7-8,13H,2-6H2,1H3,(H,11,16)(H,14,15). The maximum atomic E-state index is 11.6. The number of aliphatic carboxylic acids is 1. The predicted molar refractivity (Wildman–Crippen MR) is 57.0 cm³/mol. The highest BCUT2D eigenvalue weighted by molar-refractivity contribution is 5.76. The highest BCUT2D eigenvalue weighted by Crippen LogP contribution is 2.29. The molecule has 92 valence electrons. The molecule has 2 amide bonds. The molecule has 0 aliphatic heterocycles. The maximum absolute atomic E-state index is 11.6. The lowest BCUT2D eigenvalue weighted by atomic mass is 10.3. The van der Waals surface area contributed by atoms with Gasteiger partial charge in [-0.2, -0.15) is 0 Å². The molecule has 3 N–H and O–H groups in total. The molecule has 1 atom stereocenters. The molecule has 1 rings (SSSR count). The number of carbonyl (C=O) groups is 2. The lowest BCUT2D eigenvalue weighted by molar-refractivity contribution is -0.146. The molecule has 0 aromatic rings. The quantitative estimate of drug-likeness (QED) is 0.593. The van der Waals surface area contributed by atoms with Crippen molar-refractivity contribution in [3.8, 4) is 0 Å². The molecule has 0 saturated heterocycles. The first-order valence-electron chi connectivity index (χ1n) is 5.48. The number of nitrogens with one attached hydrogen (secondary N) is 1. The van der Waals surface area contributed by atoms with Crippen LogP contribution >= 0.6 is 0 Å². The normalized spacial score (nSPS) is 16.6. The Morgan fingerprint density at radius 1 is 1.50 bits per heavy atom. The number of amides is 2. The number of hydrogen-bond acceptors (Lipinski definition) is 3. The summed E-state index contributed by atoms with van der Waals surface area (Å²) >= 11 is 0. The number of carboxylic acids is 1. The molecule has 1 aliphatic carbocycles. The molecule has 0 heterocycles. The van der Waals surface area contributed by atoms with E-state index in [1.807, 2.05) is 6.92 Å². The number of hydrogen-bond donors (Lipinski definition) is 3. The summed E-state index contributed by atoms with van der Waals surface area (Å²) < 4.78 is 0. The Morgan fingerprint density at radius 2 is 2.12 bits per heavy atom. The van der Waals surface area contributed by atoms with Gasteiger partial charge in [0.15, 0.2) is 6.10 Å². The lowest BCUT2D eigenvalue weighted by Crippen LogP contribution is -2.45. The molecule has 0 aromatic heterocycles. The average Bonchev–Trinajstić information content (AvgIpc) is 3.05. The zero-order valence-corrected chi connectivity index (χ0v) is 9.35. The largest absolute Gasteiger partial charge is 0.479 e. The summed E-state index contributed by atoms with van der Waals surface area (Å²) in [5.74, 6) is -0.736. The van der Waals surface area contributed by atoms with Gasteiger partial charge in [0.25, 0.3) is 0 Å². The molecule has 1 unspecified atom stereocenters. The van der Waals surface area contributed by atoms with Crippen molar-refractivity contribution in [2.45, 2.75) is 25.9 Å². The summed E-state index contributed by atoms with van der Waals surface area (Å²) in [4.78, 5) is 23.5. The topological polar surface area (TPSA) is 89.9 Å². The van der Waals surface area contributed by atoms with E-state index in [9.17, 15) is 9.59 Å². The third kappa shape index (κ3) is 4.06. The smallest absolute Gasteiger partial charge is 0.334 e. The van der Waals surface area contributed by atoms with Crippen molar-refractivity contribution in [2.75, 3.05) is 19.6 Å². The van der Waals surface area contributed by atoms with E-state index in [1.165, 1.54) is 0 Å². The van der Waals surface area contributed by atoms with E-state index in [-0.39, 0.29) is 12.6 Å². The monoisotopic (exact) mass is 230 g/mol. The van der Waals surface area contributed by atoms with Crippen LogP contribution in [0.3, 0.4) is 0 Å². The van der Waals surface area contributed by atoms with Gasteiger partial charge in [-0.15, -0.1) is 0 Å². The molecule has 6 nitrogen and oxygen atoms in total. The fourth-order valence-corrected chi connectivity index (χ4v) is 1.35. The number of carbonyl (C=O) groups excluding carboxylic acids is 1. The molecule has 0 bridgehead atoms. The highest BCUT2D eigenvalue weighted by atomic mass is 16.4. The van der Waals surface area contributed by atoms with E-state index in [2.05, 4.69) is 5.32 Å². The van der Waals surface area contributed by atoms with Gasteiger partial charge < -0.3 is 20.4 Å². The third-order valence-corrected chi connectivity index (χ3v) is 2.58. The second-order valence-corrected chi connectivity index (χ2v) is 4.02. The molecular weight excluding hydrogens is 212 g/mol. The van der Waals surface area contributed by atoms with E-state index in [0.717, 1.165) is 12.8 Å². The van der Waals surface area contributed by atoms with Gasteiger partial charge in [0.05, 0.1) is 6.54 Å². The highest BCUT2D eigenvalue weighted by Gasteiger charge is 2.26. The third-order valence-electron chi connectivity index (χ3n) is 2.58. The molecular formula is C10H18N2O4. The SMILES string of the molecule is CCN(CC1CC1)C(=O)NCC(O)C(=O)O. The summed E-state index contributed by atoms with van der Waals surface area (Å²) in [5.41, 5.74) is 0. The average molecular weight is 230 g/mol. The molecule has 0 radical (unpaired) electrons. The molecule has 1 aliphatic rings. The fraction of sp³-hybridized carbons (Fsp3) is 0.800. The van der Waals surface area contributed by atoms with Crippen molar-refractivity contribution in [1.29, 1.82) is 0 Å². The van der Waals surface area contributed by atoms with Crippen LogP contribution in [0.15, 0.2) is 0 Å². The lowest BCUT2D eigenvalue weighted by Gasteiger charge is -2.21. The number of urea groups is 1. The second-order valence-electron chi connectivity index (χ2n) is 4.02. The Morgan fingerprint density at radius 3 is 2.56 bits per heavy atom. The number of rotatable bonds is 6. The van der Waals surface area contributed by atoms with Crippen molar-refractivity contribution in [3.05, 3.63) is 0 Å². The van der Waals surface area contributed by atoms with Crippen LogP contribution < -0.4 is 5.32 Å². The minimum Gasteiger partial charge on any atom is -0.479 e. The summed E-state index contributed by atoms with van der Waals surface area (Å²) in [7, 11) is 0. The predicted octanol–water partition coefficient (Wildman–Crippen LogP) is -0.127. The molecule has 1 saturated carbocycles. The van der Waals surface area contributed by atoms with Crippen LogP contribution in [0.5, 0.6) is 0 Å². The van der Waals surface area contributed by atoms with Crippen LogP contribution in [-0.2, 0) is 4.79 Å². The van der Waals surface area contributed by atoms with E-state index < -0.39 is 12.1 Å². The van der Waals surface area contributed by atoms with Gasteiger partial charge >= 0.3 is 12.0 Å². The van der Waals surface area contributed by atoms with Gasteiger partial charge in [-0.05, 0) is 25.7 Å². The van der Waals surface area contributed by atoms with Crippen LogP contribution in [-0.4, -0.2) is 52.9 Å². The molecule has 0 spiro atoms. The number of aliphatic hydroxyl groups excluding tert-OH is 1. The van der Waals surface area contributed by atoms with Crippen LogP contribution in [0.1, 0.15) is 19.8 Å². The molecule has 16 heavy (non-hydrogen) atoms. The Hall–Kier alpha value is -1.30. The maximum Gasteiger partial charge on any atom is 0.334 e. The van der Waals surface area contributed by atoms with Crippen molar-refractivity contribution in [2.24, 2.45) is 5.92 Å². The zero-order valence-electron chi connectivity index (χ0n) is 9.35. The van der Waals surface area contributed by atoms with E-state index >= 15 is 0 Å². The van der Waals surface area contributed by atoms with E-state index in [0.29, 0.717) is 19.0 Å². The molecule has 0 aromatic carbocycles. The van der Waals surface area contributed by atoms with Gasteiger partial charge in [0.1, 0.15) is 0 Å².